The van der Waals surface area contributed by atoms with Crippen molar-refractivity contribution in [1.82, 2.24) is 0 Å². The summed E-state index contributed by atoms with van der Waals surface area (Å²) in [5.41, 5.74) is 0. The highest BCUT2D eigenvalue weighted by molar-refractivity contribution is 6.02. The number of carbonyl (C=O) groups excluding carboxylic acids is 1. The first-order valence-electron chi connectivity index (χ1n) is 3.02. The van der Waals surface area contributed by atoms with Gasteiger partial charge < -0.3 is 14.3 Å². The lowest BCUT2D eigenvalue weighted by molar-refractivity contribution is -0.141. The Kier molecular flexibility index (Phi) is 5.50. The van der Waals surface area contributed by atoms with E-state index < -0.39 is 5.97 Å². The van der Waals surface area contributed by atoms with Gasteiger partial charge in [-0.15, -0.1) is 0 Å². The predicted octanol–water partition coefficient (Wildman–Crippen LogP) is -0.474. The van der Waals surface area contributed by atoms with Crippen molar-refractivity contribution in [2.45, 2.75) is 6.42 Å². The third-order valence-electron chi connectivity index (χ3n) is 0.886. The Balaban J connectivity index is 3.44. The number of hydrogen-bond acceptors (Lipinski definition) is 4. The van der Waals surface area contributed by atoms with Crippen molar-refractivity contribution < 1.29 is 19.1 Å². The lowest BCUT2D eigenvalue weighted by Crippen LogP contribution is -2.10. The molecular formula is C6H9O4Si. The maximum atomic E-state index is 10.7. The normalized spacial score (nSPS) is 8.91. The van der Waals surface area contributed by atoms with Crippen LogP contribution in [0.15, 0.2) is 12.3 Å². The molecule has 0 saturated heterocycles. The summed E-state index contributed by atoms with van der Waals surface area (Å²) >= 11 is 0. The largest absolute Gasteiger partial charge is 0.536 e. The Bertz CT molecular complexity index is 146. The molecule has 1 N–H and O–H groups in total. The van der Waals surface area contributed by atoms with Gasteiger partial charge in [0, 0.05) is 13.0 Å². The van der Waals surface area contributed by atoms with Crippen molar-refractivity contribution in [1.29, 1.82) is 0 Å². The maximum absolute atomic E-state index is 10.7. The Hall–Kier alpha value is -0.813. The van der Waals surface area contributed by atoms with E-state index in [0.29, 0.717) is 6.42 Å². The first kappa shape index (κ1) is 10.2. The third kappa shape index (κ3) is 4.57. The van der Waals surface area contributed by atoms with Crippen LogP contribution >= 0.6 is 0 Å². The molecule has 0 bridgehead atoms. The molecule has 0 heterocycles. The first-order chi connectivity index (χ1) is 5.22. The highest BCUT2D eigenvalue weighted by Gasteiger charge is 2.06. The Labute approximate surface area is 68.4 Å². The summed E-state index contributed by atoms with van der Waals surface area (Å²) in [7, 11) is 2.62. The molecule has 4 nitrogen and oxygen atoms in total. The van der Waals surface area contributed by atoms with Gasteiger partial charge in [-0.3, -0.25) is 0 Å². The smallest absolute Gasteiger partial charge is 0.371 e. The highest BCUT2D eigenvalue weighted by Crippen LogP contribution is 1.94. The van der Waals surface area contributed by atoms with Crippen LogP contribution in [0.5, 0.6) is 0 Å². The zero-order chi connectivity index (χ0) is 8.69. The zero-order valence-corrected chi connectivity index (χ0v) is 7.00. The summed E-state index contributed by atoms with van der Waals surface area (Å²) in [6, 6.07) is 0. The maximum Gasteiger partial charge on any atom is 0.371 e. The van der Waals surface area contributed by atoms with Crippen LogP contribution in [0, 0.1) is 0 Å². The third-order valence-corrected chi connectivity index (χ3v) is 1.13. The van der Waals surface area contributed by atoms with E-state index in [1.165, 1.54) is 0 Å². The van der Waals surface area contributed by atoms with Gasteiger partial charge in [-0.2, -0.15) is 0 Å². The van der Waals surface area contributed by atoms with Crippen LogP contribution < -0.4 is 0 Å². The second-order valence-electron chi connectivity index (χ2n) is 1.74. The van der Waals surface area contributed by atoms with Crippen molar-refractivity contribution in [2.24, 2.45) is 0 Å². The van der Waals surface area contributed by atoms with E-state index in [2.05, 4.69) is 26.2 Å². The van der Waals surface area contributed by atoms with Crippen LogP contribution in [0.1, 0.15) is 6.42 Å². The average molecular weight is 173 g/mol. The molecule has 0 aromatic carbocycles. The fourth-order valence-corrected chi connectivity index (χ4v) is 0.435. The molecule has 61 valence electrons. The van der Waals surface area contributed by atoms with Gasteiger partial charge in [0.15, 0.2) is 5.76 Å². The summed E-state index contributed by atoms with van der Waals surface area (Å²) in [5, 5.41) is 8.32. The minimum atomic E-state index is -0.631. The van der Waals surface area contributed by atoms with Gasteiger partial charge in [-0.1, -0.05) is 6.58 Å². The number of aliphatic hydroxyl groups is 1. The fourth-order valence-electron chi connectivity index (χ4n) is 0.352. The molecule has 0 aliphatic carbocycles. The molecule has 5 heteroatoms. The summed E-state index contributed by atoms with van der Waals surface area (Å²) < 4.78 is 8.90. The van der Waals surface area contributed by atoms with Crippen LogP contribution in [0.3, 0.4) is 0 Å². The molecule has 0 rings (SSSR count). The number of rotatable bonds is 5. The van der Waals surface area contributed by atoms with Gasteiger partial charge in [-0.05, 0) is 0 Å². The topological polar surface area (TPSA) is 55.8 Å². The molecule has 0 atom stereocenters. The monoisotopic (exact) mass is 173 g/mol. The molecule has 0 fully saturated rings. The van der Waals surface area contributed by atoms with Crippen molar-refractivity contribution >= 4 is 16.5 Å². The van der Waals surface area contributed by atoms with Gasteiger partial charge in [0.2, 0.25) is 0 Å². The van der Waals surface area contributed by atoms with Crippen molar-refractivity contribution in [2.75, 3.05) is 13.2 Å². The molecule has 11 heavy (non-hydrogen) atoms. The van der Waals surface area contributed by atoms with Gasteiger partial charge in [0.05, 0.1) is 6.61 Å². The van der Waals surface area contributed by atoms with E-state index in [1.54, 1.807) is 0 Å². The highest BCUT2D eigenvalue weighted by atomic mass is 28.2. The summed E-state index contributed by atoms with van der Waals surface area (Å²) in [4.78, 5) is 10.7. The lowest BCUT2D eigenvalue weighted by atomic mass is 10.5. The van der Waals surface area contributed by atoms with E-state index in [-0.39, 0.29) is 19.0 Å². The second kappa shape index (κ2) is 5.93. The molecule has 0 aromatic heterocycles. The number of carbonyl (C=O) groups is 1. The Morgan fingerprint density at radius 3 is 2.73 bits per heavy atom. The van der Waals surface area contributed by atoms with Gasteiger partial charge in [0.25, 0.3) is 0 Å². The van der Waals surface area contributed by atoms with E-state index in [0.717, 1.165) is 0 Å². The minimum absolute atomic E-state index is 0.00547. The van der Waals surface area contributed by atoms with Crippen LogP contribution in [0.4, 0.5) is 0 Å². The van der Waals surface area contributed by atoms with Crippen LogP contribution in [0.25, 0.3) is 0 Å². The average Bonchev–Trinajstić information content (AvgIpc) is 2.03. The van der Waals surface area contributed by atoms with Crippen molar-refractivity contribution in [3.8, 4) is 0 Å². The molecule has 0 unspecified atom stereocenters. The summed E-state index contributed by atoms with van der Waals surface area (Å²) in [6.45, 7) is 3.41. The van der Waals surface area contributed by atoms with Crippen molar-refractivity contribution in [3.63, 3.8) is 0 Å². The van der Waals surface area contributed by atoms with Gasteiger partial charge in [-0.25, -0.2) is 4.79 Å². The van der Waals surface area contributed by atoms with E-state index >= 15 is 0 Å². The standard InChI is InChI=1S/C6H9O4Si/c1-5(10-11)6(8)9-4-2-3-7/h7H,1-4H2. The lowest BCUT2D eigenvalue weighted by Gasteiger charge is -2.03. The minimum Gasteiger partial charge on any atom is -0.536 e. The quantitative estimate of drug-likeness (QED) is 0.201. The second-order valence-corrected chi connectivity index (χ2v) is 1.94. The first-order valence-corrected chi connectivity index (χ1v) is 3.43. The molecule has 0 spiro atoms. The van der Waals surface area contributed by atoms with Gasteiger partial charge in [0.1, 0.15) is 0 Å². The number of hydrogen-bond donors (Lipinski definition) is 1. The predicted molar refractivity (Wildman–Crippen MR) is 38.6 cm³/mol. The summed E-state index contributed by atoms with van der Waals surface area (Å²) in [5.74, 6) is -0.743. The Morgan fingerprint density at radius 1 is 1.64 bits per heavy atom. The van der Waals surface area contributed by atoms with Gasteiger partial charge >= 0.3 is 16.5 Å². The van der Waals surface area contributed by atoms with Crippen molar-refractivity contribution in [3.05, 3.63) is 12.3 Å². The van der Waals surface area contributed by atoms with E-state index in [4.69, 9.17) is 5.11 Å². The SMILES string of the molecule is C=C(O[Si])C(=O)OCCCO. The van der Waals surface area contributed by atoms with Crippen LogP contribution in [0.2, 0.25) is 0 Å². The van der Waals surface area contributed by atoms with E-state index in [9.17, 15) is 4.79 Å². The van der Waals surface area contributed by atoms with Crippen LogP contribution in [-0.2, 0) is 14.0 Å². The Morgan fingerprint density at radius 2 is 2.27 bits per heavy atom. The number of esters is 1. The molecule has 0 aliphatic heterocycles. The molecular weight excluding hydrogens is 164 g/mol. The number of ether oxygens (including phenoxy) is 1. The molecule has 0 saturated carbocycles. The van der Waals surface area contributed by atoms with E-state index in [1.807, 2.05) is 0 Å². The molecule has 3 radical (unpaired) electrons. The fraction of sp³-hybridized carbons (Fsp3) is 0.500. The molecule has 0 aliphatic rings. The number of aliphatic hydroxyl groups excluding tert-OH is 1. The molecule has 0 amide bonds. The van der Waals surface area contributed by atoms with Crippen LogP contribution in [-0.4, -0.2) is 34.8 Å². The molecule has 0 aromatic rings. The summed E-state index contributed by atoms with van der Waals surface area (Å²) in [6.07, 6.45) is 0.417. The zero-order valence-electron chi connectivity index (χ0n) is 6.00.